The first-order valence-corrected chi connectivity index (χ1v) is 7.60. The van der Waals surface area contributed by atoms with Crippen LogP contribution in [-0.2, 0) is 4.74 Å². The van der Waals surface area contributed by atoms with Gasteiger partial charge in [-0.2, -0.15) is 0 Å². The van der Waals surface area contributed by atoms with E-state index in [1.807, 2.05) is 45.0 Å². The molecular weight excluding hydrogens is 282 g/mol. The maximum absolute atomic E-state index is 12.1. The van der Waals surface area contributed by atoms with Crippen molar-refractivity contribution in [1.29, 1.82) is 0 Å². The van der Waals surface area contributed by atoms with Gasteiger partial charge in [0.05, 0.1) is 19.8 Å². The highest BCUT2D eigenvalue weighted by Crippen LogP contribution is 2.30. The predicted molar refractivity (Wildman–Crippen MR) is 84.2 cm³/mol. The molecule has 0 spiro atoms. The number of hydrogen-bond acceptors (Lipinski definition) is 4. The number of piperidine rings is 1. The van der Waals surface area contributed by atoms with Crippen LogP contribution in [0.1, 0.15) is 38.7 Å². The molecule has 5 heteroatoms. The molecule has 22 heavy (non-hydrogen) atoms. The molecule has 1 heterocycles. The number of carbonyl (C=O) groups is 1. The SMILES string of the molecule is COc1ccc([C@H]2CCN(C(=O)OC(C)(C)C)C[C@@H]2O)cc1. The van der Waals surface area contributed by atoms with Gasteiger partial charge in [0.2, 0.25) is 0 Å². The first-order valence-electron chi connectivity index (χ1n) is 7.60. The summed E-state index contributed by atoms with van der Waals surface area (Å²) in [6.45, 7) is 6.40. The Bertz CT molecular complexity index is 506. The van der Waals surface area contributed by atoms with Gasteiger partial charge in [0.15, 0.2) is 0 Å². The highest BCUT2D eigenvalue weighted by atomic mass is 16.6. The average Bonchev–Trinajstić information content (AvgIpc) is 2.45. The summed E-state index contributed by atoms with van der Waals surface area (Å²) in [5.41, 5.74) is 0.548. The van der Waals surface area contributed by atoms with Crippen LogP contribution in [0.5, 0.6) is 5.75 Å². The highest BCUT2D eigenvalue weighted by molar-refractivity contribution is 5.68. The van der Waals surface area contributed by atoms with Gasteiger partial charge in [-0.3, -0.25) is 0 Å². The van der Waals surface area contributed by atoms with Crippen LogP contribution >= 0.6 is 0 Å². The van der Waals surface area contributed by atoms with Crippen molar-refractivity contribution in [2.45, 2.75) is 44.8 Å². The number of β-amino-alcohol motifs (C(OH)–C–C–N with tert-alkyl or cyclic N) is 1. The Labute approximate surface area is 131 Å². The molecule has 1 N–H and O–H groups in total. The quantitative estimate of drug-likeness (QED) is 0.913. The van der Waals surface area contributed by atoms with Crippen LogP contribution in [0.4, 0.5) is 4.79 Å². The third kappa shape index (κ3) is 4.13. The first-order chi connectivity index (χ1) is 10.3. The van der Waals surface area contributed by atoms with E-state index in [2.05, 4.69) is 0 Å². The van der Waals surface area contributed by atoms with E-state index in [-0.39, 0.29) is 12.0 Å². The fraction of sp³-hybridized carbons (Fsp3) is 0.588. The van der Waals surface area contributed by atoms with Gasteiger partial charge in [-0.15, -0.1) is 0 Å². The summed E-state index contributed by atoms with van der Waals surface area (Å²) < 4.78 is 10.5. The lowest BCUT2D eigenvalue weighted by Gasteiger charge is -2.36. The fourth-order valence-electron chi connectivity index (χ4n) is 2.66. The molecule has 1 aliphatic rings. The predicted octanol–water partition coefficient (Wildman–Crippen LogP) is 2.78. The maximum Gasteiger partial charge on any atom is 0.410 e. The van der Waals surface area contributed by atoms with Crippen molar-refractivity contribution in [2.75, 3.05) is 20.2 Å². The molecular formula is C17H25NO4. The number of likely N-dealkylation sites (tertiary alicyclic amines) is 1. The number of amides is 1. The minimum Gasteiger partial charge on any atom is -0.497 e. The molecule has 5 nitrogen and oxygen atoms in total. The lowest BCUT2D eigenvalue weighted by Crippen LogP contribution is -2.47. The summed E-state index contributed by atoms with van der Waals surface area (Å²) in [7, 11) is 1.63. The van der Waals surface area contributed by atoms with E-state index in [1.54, 1.807) is 12.0 Å². The lowest BCUT2D eigenvalue weighted by atomic mass is 9.87. The number of nitrogens with zero attached hydrogens (tertiary/aromatic N) is 1. The second-order valence-corrected chi connectivity index (χ2v) is 6.66. The molecule has 1 amide bonds. The normalized spacial score (nSPS) is 22.3. The minimum atomic E-state index is -0.588. The number of ether oxygens (including phenoxy) is 2. The van der Waals surface area contributed by atoms with Crippen LogP contribution in [-0.4, -0.2) is 48.0 Å². The Morgan fingerprint density at radius 2 is 1.91 bits per heavy atom. The van der Waals surface area contributed by atoms with Gasteiger partial charge in [-0.25, -0.2) is 4.79 Å². The zero-order valence-corrected chi connectivity index (χ0v) is 13.7. The van der Waals surface area contributed by atoms with E-state index in [1.165, 1.54) is 0 Å². The Balaban J connectivity index is 1.98. The minimum absolute atomic E-state index is 0.0320. The molecule has 1 aliphatic heterocycles. The van der Waals surface area contributed by atoms with Crippen LogP contribution in [0.25, 0.3) is 0 Å². The molecule has 0 radical (unpaired) electrons. The van der Waals surface area contributed by atoms with E-state index in [9.17, 15) is 9.90 Å². The molecule has 1 aromatic rings. The molecule has 1 aromatic carbocycles. The van der Waals surface area contributed by atoms with Crippen LogP contribution < -0.4 is 4.74 Å². The van der Waals surface area contributed by atoms with Crippen molar-refractivity contribution < 1.29 is 19.4 Å². The molecule has 0 unspecified atom stereocenters. The third-order valence-electron chi connectivity index (χ3n) is 3.78. The fourth-order valence-corrected chi connectivity index (χ4v) is 2.66. The topological polar surface area (TPSA) is 59.0 Å². The van der Waals surface area contributed by atoms with Gasteiger partial charge >= 0.3 is 6.09 Å². The van der Waals surface area contributed by atoms with Crippen molar-refractivity contribution in [2.24, 2.45) is 0 Å². The molecule has 0 aliphatic carbocycles. The first kappa shape index (κ1) is 16.6. The zero-order valence-electron chi connectivity index (χ0n) is 13.7. The van der Waals surface area contributed by atoms with Gasteiger partial charge in [0.1, 0.15) is 11.4 Å². The number of rotatable bonds is 2. The van der Waals surface area contributed by atoms with Crippen molar-refractivity contribution in [3.05, 3.63) is 29.8 Å². The summed E-state index contributed by atoms with van der Waals surface area (Å²) in [5, 5.41) is 10.4. The smallest absolute Gasteiger partial charge is 0.410 e. The van der Waals surface area contributed by atoms with Crippen LogP contribution in [0, 0.1) is 0 Å². The van der Waals surface area contributed by atoms with Crippen molar-refractivity contribution in [3.8, 4) is 5.75 Å². The summed E-state index contributed by atoms with van der Waals surface area (Å²) in [4.78, 5) is 13.6. The van der Waals surface area contributed by atoms with Crippen LogP contribution in [0.15, 0.2) is 24.3 Å². The molecule has 1 fully saturated rings. The molecule has 0 aromatic heterocycles. The summed E-state index contributed by atoms with van der Waals surface area (Å²) in [5.74, 6) is 0.828. The molecule has 2 rings (SSSR count). The monoisotopic (exact) mass is 307 g/mol. The number of aliphatic hydroxyl groups excluding tert-OH is 1. The Morgan fingerprint density at radius 3 is 2.41 bits per heavy atom. The van der Waals surface area contributed by atoms with Gasteiger partial charge in [0, 0.05) is 12.5 Å². The number of hydrogen-bond donors (Lipinski definition) is 1. The number of aliphatic hydroxyl groups is 1. The van der Waals surface area contributed by atoms with E-state index < -0.39 is 11.7 Å². The summed E-state index contributed by atoms with van der Waals surface area (Å²) in [6.07, 6.45) is -0.235. The third-order valence-corrected chi connectivity index (χ3v) is 3.78. The largest absolute Gasteiger partial charge is 0.497 e. The highest BCUT2D eigenvalue weighted by Gasteiger charge is 2.33. The van der Waals surface area contributed by atoms with Crippen molar-refractivity contribution in [1.82, 2.24) is 4.90 Å². The van der Waals surface area contributed by atoms with Gasteiger partial charge in [0.25, 0.3) is 0 Å². The molecule has 1 saturated heterocycles. The average molecular weight is 307 g/mol. The summed E-state index contributed by atoms with van der Waals surface area (Å²) >= 11 is 0. The Morgan fingerprint density at radius 1 is 1.27 bits per heavy atom. The van der Waals surface area contributed by atoms with Crippen molar-refractivity contribution >= 4 is 6.09 Å². The van der Waals surface area contributed by atoms with E-state index in [0.717, 1.165) is 11.3 Å². The maximum atomic E-state index is 12.1. The number of carbonyl (C=O) groups excluding carboxylic acids is 1. The lowest BCUT2D eigenvalue weighted by molar-refractivity contribution is -0.00152. The van der Waals surface area contributed by atoms with Crippen LogP contribution in [0.2, 0.25) is 0 Å². The number of benzene rings is 1. The standard InChI is InChI=1S/C17H25NO4/c1-17(2,3)22-16(20)18-10-9-14(15(19)11-18)12-5-7-13(21-4)8-6-12/h5-8,14-15,19H,9-11H2,1-4H3/t14-,15+/m1/s1. The van der Waals surface area contributed by atoms with Crippen LogP contribution in [0.3, 0.4) is 0 Å². The van der Waals surface area contributed by atoms with Crippen molar-refractivity contribution in [3.63, 3.8) is 0 Å². The van der Waals surface area contributed by atoms with E-state index in [0.29, 0.717) is 19.5 Å². The zero-order chi connectivity index (χ0) is 16.3. The number of methoxy groups -OCH3 is 1. The van der Waals surface area contributed by atoms with E-state index in [4.69, 9.17) is 9.47 Å². The Hall–Kier alpha value is -1.75. The molecule has 2 atom stereocenters. The summed E-state index contributed by atoms with van der Waals surface area (Å²) in [6, 6.07) is 7.72. The molecule has 122 valence electrons. The van der Waals surface area contributed by atoms with Gasteiger partial charge < -0.3 is 19.5 Å². The van der Waals surface area contributed by atoms with Gasteiger partial charge in [-0.1, -0.05) is 12.1 Å². The second-order valence-electron chi connectivity index (χ2n) is 6.66. The molecule has 0 bridgehead atoms. The van der Waals surface area contributed by atoms with Gasteiger partial charge in [-0.05, 0) is 44.9 Å². The Kier molecular flexibility index (Phi) is 4.96. The second kappa shape index (κ2) is 6.57. The molecule has 0 saturated carbocycles. The van der Waals surface area contributed by atoms with E-state index >= 15 is 0 Å².